The molecule has 0 aliphatic heterocycles. The van der Waals surface area contributed by atoms with Gasteiger partial charge in [0.15, 0.2) is 5.82 Å². The minimum atomic E-state index is -0.708. The van der Waals surface area contributed by atoms with E-state index in [0.29, 0.717) is 13.2 Å². The molecular formula is C41H49N3O2. The number of hydrogen-bond donors (Lipinski definition) is 2. The third-order valence-corrected chi connectivity index (χ3v) is 8.19. The Morgan fingerprint density at radius 3 is 1.70 bits per heavy atom. The van der Waals surface area contributed by atoms with Gasteiger partial charge in [0.25, 0.3) is 0 Å². The fraction of sp³-hybridized carbons (Fsp3) is 0.317. The van der Waals surface area contributed by atoms with Gasteiger partial charge in [0.1, 0.15) is 11.2 Å². The van der Waals surface area contributed by atoms with Gasteiger partial charge in [0.05, 0.1) is 17.7 Å². The van der Waals surface area contributed by atoms with Crippen LogP contribution in [0.2, 0.25) is 0 Å². The summed E-state index contributed by atoms with van der Waals surface area (Å²) in [6.07, 6.45) is 2.69. The van der Waals surface area contributed by atoms with Crippen molar-refractivity contribution in [2.75, 3.05) is 18.5 Å². The summed E-state index contributed by atoms with van der Waals surface area (Å²) in [7, 11) is 0. The number of fused-ring (bicyclic) bond motifs is 1. The number of nitrogens with one attached hydrogen (secondary N) is 1. The molecule has 1 aromatic heterocycles. The topological polar surface area (TPSA) is 66.7 Å². The van der Waals surface area contributed by atoms with Crippen LogP contribution in [0.25, 0.3) is 10.9 Å². The van der Waals surface area contributed by atoms with E-state index in [0.717, 1.165) is 69.6 Å². The predicted molar refractivity (Wildman–Crippen MR) is 194 cm³/mol. The number of anilines is 1. The molecule has 5 nitrogen and oxygen atoms in total. The van der Waals surface area contributed by atoms with Gasteiger partial charge in [-0.1, -0.05) is 129 Å². The van der Waals surface area contributed by atoms with E-state index >= 15 is 0 Å². The van der Waals surface area contributed by atoms with E-state index in [4.69, 9.17) is 19.8 Å². The molecule has 5 aromatic rings. The first-order valence-corrected chi connectivity index (χ1v) is 16.4. The second-order valence-corrected chi connectivity index (χ2v) is 12.2. The normalized spacial score (nSPS) is 12.0. The summed E-state index contributed by atoms with van der Waals surface area (Å²) in [5.41, 5.74) is 6.12. The first-order chi connectivity index (χ1) is 22.2. The van der Waals surface area contributed by atoms with Gasteiger partial charge in [-0.3, -0.25) is 4.99 Å². The standard InChI is InChI=1S/C36H37N3O.C5H12O/c1-4-17-31(26-40-5-2)37-34-27(3)32-24-15-16-25-33(32)38-35(34)39-36(28-18-9-6-10-19-28,29-20-11-7-12-21-29)30-22-13-8-14-23-30;1-4-5(2,3)6/h6-16,18-25H,4-5,17,26H2,1-3H3,(H,38,39);6H,4H2,1-3H3. The Morgan fingerprint density at radius 1 is 0.761 bits per heavy atom. The van der Waals surface area contributed by atoms with Crippen molar-refractivity contribution in [1.29, 1.82) is 0 Å². The Morgan fingerprint density at radius 2 is 1.24 bits per heavy atom. The van der Waals surface area contributed by atoms with Crippen molar-refractivity contribution in [3.63, 3.8) is 0 Å². The maximum atomic E-state index is 8.83. The monoisotopic (exact) mass is 615 g/mol. The van der Waals surface area contributed by atoms with Crippen LogP contribution in [-0.4, -0.2) is 34.6 Å². The molecule has 0 saturated carbocycles. The molecule has 0 saturated heterocycles. The molecule has 0 spiro atoms. The van der Waals surface area contributed by atoms with Crippen molar-refractivity contribution in [3.8, 4) is 0 Å². The molecule has 0 atom stereocenters. The van der Waals surface area contributed by atoms with Gasteiger partial charge in [0.2, 0.25) is 0 Å². The van der Waals surface area contributed by atoms with Gasteiger partial charge in [0, 0.05) is 17.7 Å². The zero-order valence-electron chi connectivity index (χ0n) is 28.3. The van der Waals surface area contributed by atoms with Gasteiger partial charge in [-0.05, 0) is 68.9 Å². The highest BCUT2D eigenvalue weighted by Crippen LogP contribution is 2.43. The number of ether oxygens (including phenoxy) is 1. The number of rotatable bonds is 12. The SMILES string of the molecule is CCC(C)(C)O.CCCC(COCC)=Nc1c(NC(c2ccccc2)(c2ccccc2)c2ccccc2)nc2ccccc2c1C. The highest BCUT2D eigenvalue weighted by Gasteiger charge is 2.37. The van der Waals surface area contributed by atoms with Crippen molar-refractivity contribution in [2.45, 2.75) is 71.9 Å². The van der Waals surface area contributed by atoms with Gasteiger partial charge in [-0.15, -0.1) is 0 Å². The van der Waals surface area contributed by atoms with Crippen LogP contribution >= 0.6 is 0 Å². The van der Waals surface area contributed by atoms with Crippen LogP contribution in [0.4, 0.5) is 11.5 Å². The van der Waals surface area contributed by atoms with E-state index in [1.807, 2.05) is 19.9 Å². The van der Waals surface area contributed by atoms with Crippen molar-refractivity contribution in [2.24, 2.45) is 4.99 Å². The van der Waals surface area contributed by atoms with Crippen LogP contribution in [0.15, 0.2) is 120 Å². The fourth-order valence-corrected chi connectivity index (χ4v) is 5.38. The maximum Gasteiger partial charge on any atom is 0.154 e. The van der Waals surface area contributed by atoms with Crippen LogP contribution in [0.1, 0.15) is 76.1 Å². The Bertz CT molecular complexity index is 1580. The second kappa shape index (κ2) is 16.3. The van der Waals surface area contributed by atoms with Crippen LogP contribution in [0, 0.1) is 6.92 Å². The first-order valence-electron chi connectivity index (χ1n) is 16.4. The molecular weight excluding hydrogens is 566 g/mol. The molecule has 4 aromatic carbocycles. The number of aliphatic imine (C=N–C) groups is 1. The van der Waals surface area contributed by atoms with Gasteiger partial charge in [-0.25, -0.2) is 4.98 Å². The number of nitrogens with zero attached hydrogens (tertiary/aromatic N) is 2. The van der Waals surface area contributed by atoms with Gasteiger partial charge in [-0.2, -0.15) is 0 Å². The minimum absolute atomic E-state index is 0.458. The summed E-state index contributed by atoms with van der Waals surface area (Å²) >= 11 is 0. The molecule has 5 heteroatoms. The van der Waals surface area contributed by atoms with E-state index in [-0.39, 0.29) is 0 Å². The molecule has 0 amide bonds. The average molecular weight is 616 g/mol. The quantitative estimate of drug-likeness (QED) is 0.108. The molecule has 240 valence electrons. The lowest BCUT2D eigenvalue weighted by molar-refractivity contribution is 0.0765. The number of hydrogen-bond acceptors (Lipinski definition) is 5. The third-order valence-electron chi connectivity index (χ3n) is 8.19. The average Bonchev–Trinajstić information content (AvgIpc) is 3.09. The second-order valence-electron chi connectivity index (χ2n) is 12.2. The number of aliphatic hydroxyl groups is 1. The van der Waals surface area contributed by atoms with E-state index in [1.165, 1.54) is 0 Å². The largest absolute Gasteiger partial charge is 0.390 e. The molecule has 0 unspecified atom stereocenters. The summed E-state index contributed by atoms with van der Waals surface area (Å²) in [6, 6.07) is 40.1. The summed E-state index contributed by atoms with van der Waals surface area (Å²) in [4.78, 5) is 10.5. The minimum Gasteiger partial charge on any atom is -0.390 e. The van der Waals surface area contributed by atoms with Gasteiger partial charge >= 0.3 is 0 Å². The third kappa shape index (κ3) is 8.48. The van der Waals surface area contributed by atoms with Gasteiger partial charge < -0.3 is 15.2 Å². The Balaban J connectivity index is 0.000000731. The molecule has 0 aliphatic carbocycles. The van der Waals surface area contributed by atoms with Crippen molar-refractivity contribution >= 4 is 28.1 Å². The lowest BCUT2D eigenvalue weighted by Crippen LogP contribution is -2.38. The lowest BCUT2D eigenvalue weighted by atomic mass is 9.77. The van der Waals surface area contributed by atoms with Crippen molar-refractivity contribution < 1.29 is 9.84 Å². The summed E-state index contributed by atoms with van der Waals surface area (Å²) < 4.78 is 5.82. The smallest absolute Gasteiger partial charge is 0.154 e. The van der Waals surface area contributed by atoms with Crippen molar-refractivity contribution in [1.82, 2.24) is 4.98 Å². The first kappa shape index (κ1) is 34.6. The molecule has 46 heavy (non-hydrogen) atoms. The molecule has 0 bridgehead atoms. The van der Waals surface area contributed by atoms with Crippen LogP contribution in [0.5, 0.6) is 0 Å². The number of para-hydroxylation sites is 1. The Kier molecular flexibility index (Phi) is 12.2. The van der Waals surface area contributed by atoms with Crippen molar-refractivity contribution in [3.05, 3.63) is 138 Å². The van der Waals surface area contributed by atoms with E-state index in [2.05, 4.69) is 128 Å². The lowest BCUT2D eigenvalue weighted by Gasteiger charge is -2.38. The van der Waals surface area contributed by atoms with Crippen LogP contribution in [-0.2, 0) is 10.3 Å². The maximum absolute atomic E-state index is 8.83. The molecule has 1 heterocycles. The zero-order valence-corrected chi connectivity index (χ0v) is 28.3. The highest BCUT2D eigenvalue weighted by molar-refractivity contribution is 5.95. The molecule has 5 rings (SSSR count). The van der Waals surface area contributed by atoms with E-state index < -0.39 is 11.1 Å². The number of benzene rings is 4. The molecule has 0 radical (unpaired) electrons. The summed E-state index contributed by atoms with van der Waals surface area (Å²) in [5, 5.41) is 13.9. The Labute approximate surface area is 275 Å². The highest BCUT2D eigenvalue weighted by atomic mass is 16.5. The Hall–Kier alpha value is -4.32. The number of aryl methyl sites for hydroxylation is 1. The molecule has 0 fully saturated rings. The van der Waals surface area contributed by atoms with Crippen LogP contribution < -0.4 is 5.32 Å². The number of pyridine rings is 1. The van der Waals surface area contributed by atoms with E-state index in [1.54, 1.807) is 13.8 Å². The van der Waals surface area contributed by atoms with Crippen LogP contribution in [0.3, 0.4) is 0 Å². The zero-order chi connectivity index (χ0) is 33.0. The van der Waals surface area contributed by atoms with E-state index in [9.17, 15) is 0 Å². The summed E-state index contributed by atoms with van der Waals surface area (Å²) in [6.45, 7) is 13.1. The molecule has 2 N–H and O–H groups in total. The fourth-order valence-electron chi connectivity index (χ4n) is 5.38. The molecule has 0 aliphatic rings. The summed E-state index contributed by atoms with van der Waals surface area (Å²) in [5.74, 6) is 0.748. The predicted octanol–water partition coefficient (Wildman–Crippen LogP) is 10.0. The number of aromatic nitrogens is 1.